The van der Waals surface area contributed by atoms with Crippen LogP contribution in [0.15, 0.2) is 48.5 Å². The Morgan fingerprint density at radius 1 is 1.00 bits per heavy atom. The zero-order valence-electron chi connectivity index (χ0n) is 17.5. The lowest BCUT2D eigenvalue weighted by Gasteiger charge is -2.25. The Bertz CT molecular complexity index is 750. The van der Waals surface area contributed by atoms with Gasteiger partial charge in [-0.3, -0.25) is 9.69 Å². The number of ether oxygens (including phenoxy) is 3. The molecule has 29 heavy (non-hydrogen) atoms. The van der Waals surface area contributed by atoms with Crippen molar-refractivity contribution in [3.63, 3.8) is 0 Å². The van der Waals surface area contributed by atoms with Gasteiger partial charge >= 0.3 is 5.97 Å². The summed E-state index contributed by atoms with van der Waals surface area (Å²) in [4.78, 5) is 13.7. The Morgan fingerprint density at radius 3 is 2.34 bits per heavy atom. The van der Waals surface area contributed by atoms with Crippen molar-refractivity contribution in [1.29, 1.82) is 0 Å². The molecule has 0 saturated heterocycles. The molecule has 1 atom stereocenters. The summed E-state index contributed by atoms with van der Waals surface area (Å²) < 4.78 is 15.9. The van der Waals surface area contributed by atoms with Gasteiger partial charge in [-0.25, -0.2) is 0 Å². The first-order valence-corrected chi connectivity index (χ1v) is 9.86. The van der Waals surface area contributed by atoms with Gasteiger partial charge in [0.15, 0.2) is 11.5 Å². The molecular weight excluding hydrogens is 370 g/mol. The number of hydrogen-bond donors (Lipinski definition) is 1. The minimum atomic E-state index is -0.764. The van der Waals surface area contributed by atoms with E-state index < -0.39 is 6.10 Å². The molecule has 1 N–H and O–H groups in total. The fourth-order valence-electron chi connectivity index (χ4n) is 3.08. The van der Waals surface area contributed by atoms with Gasteiger partial charge in [-0.2, -0.15) is 0 Å². The molecule has 0 aliphatic carbocycles. The van der Waals surface area contributed by atoms with E-state index in [0.29, 0.717) is 37.6 Å². The van der Waals surface area contributed by atoms with Gasteiger partial charge < -0.3 is 19.3 Å². The van der Waals surface area contributed by atoms with Gasteiger partial charge in [-0.05, 0) is 29.7 Å². The van der Waals surface area contributed by atoms with Crippen LogP contribution in [0.5, 0.6) is 11.5 Å². The van der Waals surface area contributed by atoms with Crippen molar-refractivity contribution in [2.45, 2.75) is 39.0 Å². The van der Waals surface area contributed by atoms with Crippen molar-refractivity contribution in [2.75, 3.05) is 27.4 Å². The minimum absolute atomic E-state index is 0.00391. The number of nitrogens with zero attached hydrogens (tertiary/aromatic N) is 1. The van der Waals surface area contributed by atoms with E-state index in [9.17, 15) is 9.90 Å². The predicted molar refractivity (Wildman–Crippen MR) is 112 cm³/mol. The highest BCUT2D eigenvalue weighted by molar-refractivity contribution is 5.69. The Morgan fingerprint density at radius 2 is 1.69 bits per heavy atom. The second-order valence-corrected chi connectivity index (χ2v) is 6.93. The van der Waals surface area contributed by atoms with Crippen molar-refractivity contribution in [1.82, 2.24) is 4.90 Å². The predicted octanol–water partition coefficient (Wildman–Crippen LogP) is 3.41. The Hall–Kier alpha value is -2.57. The highest BCUT2D eigenvalue weighted by atomic mass is 16.5. The Kier molecular flexibility index (Phi) is 9.47. The fraction of sp³-hybridized carbons (Fsp3) is 0.435. The summed E-state index contributed by atoms with van der Waals surface area (Å²) in [7, 11) is 3.22. The molecule has 6 heteroatoms. The van der Waals surface area contributed by atoms with Gasteiger partial charge in [0.05, 0.1) is 14.2 Å². The molecule has 0 heterocycles. The van der Waals surface area contributed by atoms with Crippen molar-refractivity contribution in [2.24, 2.45) is 0 Å². The molecule has 0 fully saturated rings. The number of carbonyl (C=O) groups excluding carboxylic acids is 1. The quantitative estimate of drug-likeness (QED) is 0.550. The van der Waals surface area contributed by atoms with Gasteiger partial charge in [0, 0.05) is 26.1 Å². The molecule has 6 nitrogen and oxygen atoms in total. The summed E-state index contributed by atoms with van der Waals surface area (Å²) in [5, 5.41) is 10.4. The molecule has 1 unspecified atom stereocenters. The topological polar surface area (TPSA) is 68.2 Å². The molecule has 0 amide bonds. The average molecular weight is 402 g/mol. The summed E-state index contributed by atoms with van der Waals surface area (Å²) in [6.45, 7) is 3.56. The van der Waals surface area contributed by atoms with Gasteiger partial charge in [-0.1, -0.05) is 43.3 Å². The first-order chi connectivity index (χ1) is 14.0. The maximum atomic E-state index is 11.6. The number of benzene rings is 2. The van der Waals surface area contributed by atoms with Crippen LogP contribution in [0.4, 0.5) is 0 Å². The highest BCUT2D eigenvalue weighted by Crippen LogP contribution is 2.28. The van der Waals surface area contributed by atoms with Gasteiger partial charge in [0.2, 0.25) is 0 Å². The van der Waals surface area contributed by atoms with E-state index in [1.165, 1.54) is 0 Å². The molecule has 0 aromatic heterocycles. The first-order valence-electron chi connectivity index (χ1n) is 9.86. The van der Waals surface area contributed by atoms with Crippen molar-refractivity contribution in [3.8, 4) is 11.5 Å². The molecule has 158 valence electrons. The third-order valence-electron chi connectivity index (χ3n) is 4.46. The largest absolute Gasteiger partial charge is 0.493 e. The Balaban J connectivity index is 2.07. The van der Waals surface area contributed by atoms with Crippen LogP contribution in [-0.2, 0) is 22.6 Å². The highest BCUT2D eigenvalue weighted by Gasteiger charge is 2.16. The zero-order chi connectivity index (χ0) is 21.1. The number of rotatable bonds is 12. The van der Waals surface area contributed by atoms with Gasteiger partial charge in [0.1, 0.15) is 12.7 Å². The average Bonchev–Trinajstić information content (AvgIpc) is 2.73. The van der Waals surface area contributed by atoms with Crippen molar-refractivity contribution in [3.05, 3.63) is 59.7 Å². The molecule has 0 spiro atoms. The number of carbonyl (C=O) groups is 1. The molecular formula is C23H31NO5. The standard InChI is InChI=1S/C23H31NO5/c1-4-8-23(26)29-17-20(25)16-24(14-18-9-6-5-7-10-18)15-19-11-12-21(27-2)22(13-19)28-3/h5-7,9-13,20,25H,4,8,14-17H2,1-3H3. The SMILES string of the molecule is CCCC(=O)OCC(O)CN(Cc1ccccc1)Cc1ccc(OC)c(OC)c1. The van der Waals surface area contributed by atoms with Crippen LogP contribution in [0.3, 0.4) is 0 Å². The van der Waals surface area contributed by atoms with Crippen molar-refractivity contribution < 1.29 is 24.1 Å². The van der Waals surface area contributed by atoms with Crippen LogP contribution in [0.25, 0.3) is 0 Å². The molecule has 2 aromatic rings. The maximum absolute atomic E-state index is 11.6. The molecule has 2 aromatic carbocycles. The van der Waals surface area contributed by atoms with E-state index in [2.05, 4.69) is 17.0 Å². The van der Waals surface area contributed by atoms with Crippen LogP contribution in [-0.4, -0.2) is 49.5 Å². The van der Waals surface area contributed by atoms with Crippen LogP contribution in [0.2, 0.25) is 0 Å². The van der Waals surface area contributed by atoms with E-state index in [1.54, 1.807) is 14.2 Å². The van der Waals surface area contributed by atoms with Crippen LogP contribution >= 0.6 is 0 Å². The number of aliphatic hydroxyl groups is 1. The van der Waals surface area contributed by atoms with E-state index >= 15 is 0 Å². The second-order valence-electron chi connectivity index (χ2n) is 6.93. The van der Waals surface area contributed by atoms with Gasteiger partial charge in [0.25, 0.3) is 0 Å². The minimum Gasteiger partial charge on any atom is -0.493 e. The van der Waals surface area contributed by atoms with Crippen LogP contribution in [0.1, 0.15) is 30.9 Å². The number of hydrogen-bond acceptors (Lipinski definition) is 6. The molecule has 2 rings (SSSR count). The van der Waals surface area contributed by atoms with E-state index in [4.69, 9.17) is 14.2 Å². The van der Waals surface area contributed by atoms with Crippen LogP contribution in [0, 0.1) is 0 Å². The monoisotopic (exact) mass is 401 g/mol. The summed E-state index contributed by atoms with van der Waals surface area (Å²) in [6, 6.07) is 15.9. The van der Waals surface area contributed by atoms with E-state index in [0.717, 1.165) is 17.5 Å². The third kappa shape index (κ3) is 7.75. The van der Waals surface area contributed by atoms with Crippen LogP contribution < -0.4 is 9.47 Å². The lowest BCUT2D eigenvalue weighted by Crippen LogP contribution is -2.34. The maximum Gasteiger partial charge on any atom is 0.305 e. The van der Waals surface area contributed by atoms with E-state index in [1.807, 2.05) is 43.3 Å². The smallest absolute Gasteiger partial charge is 0.305 e. The second kappa shape index (κ2) is 12.1. The fourth-order valence-corrected chi connectivity index (χ4v) is 3.08. The Labute approximate surface area is 173 Å². The summed E-state index contributed by atoms with van der Waals surface area (Å²) in [5.41, 5.74) is 2.18. The molecule has 0 saturated carbocycles. The third-order valence-corrected chi connectivity index (χ3v) is 4.46. The molecule has 0 bridgehead atoms. The number of esters is 1. The zero-order valence-corrected chi connectivity index (χ0v) is 17.5. The number of methoxy groups -OCH3 is 2. The first kappa shape index (κ1) is 22.7. The van der Waals surface area contributed by atoms with Gasteiger partial charge in [-0.15, -0.1) is 0 Å². The van der Waals surface area contributed by atoms with E-state index in [-0.39, 0.29) is 12.6 Å². The van der Waals surface area contributed by atoms with Crippen molar-refractivity contribution >= 4 is 5.97 Å². The number of aliphatic hydroxyl groups excluding tert-OH is 1. The molecule has 0 aliphatic heterocycles. The molecule has 0 aliphatic rings. The lowest BCUT2D eigenvalue weighted by molar-refractivity contribution is -0.147. The summed E-state index contributed by atoms with van der Waals surface area (Å²) in [6.07, 6.45) is 0.333. The summed E-state index contributed by atoms with van der Waals surface area (Å²) in [5.74, 6) is 1.06. The lowest BCUT2D eigenvalue weighted by atomic mass is 10.1. The molecule has 0 radical (unpaired) electrons. The summed E-state index contributed by atoms with van der Waals surface area (Å²) >= 11 is 0. The normalized spacial score (nSPS) is 11.9.